The number of fused-ring (bicyclic) bond motifs is 1. The molecule has 2 atom stereocenters. The molecule has 112 valence electrons. The Morgan fingerprint density at radius 3 is 2.67 bits per heavy atom. The maximum absolute atomic E-state index is 11.8. The molecule has 0 saturated carbocycles. The van der Waals surface area contributed by atoms with Gasteiger partial charge in [0, 0.05) is 43.2 Å². The minimum atomic E-state index is -0.265. The van der Waals surface area contributed by atoms with E-state index >= 15 is 0 Å². The van der Waals surface area contributed by atoms with Crippen molar-refractivity contribution in [1.29, 1.82) is 0 Å². The van der Waals surface area contributed by atoms with Crippen LogP contribution in [-0.2, 0) is 6.54 Å². The highest BCUT2D eigenvalue weighted by Gasteiger charge is 2.21. The van der Waals surface area contributed by atoms with Crippen molar-refractivity contribution in [3.8, 4) is 0 Å². The Labute approximate surface area is 124 Å². The van der Waals surface area contributed by atoms with E-state index in [2.05, 4.69) is 36.2 Å². The molecule has 3 rings (SSSR count). The SMILES string of the molecule is Cc1ccc2c(CN3CC(C)NC(C)C3)cc(=O)oc2c1. The summed E-state index contributed by atoms with van der Waals surface area (Å²) in [6.45, 7) is 9.19. The van der Waals surface area contributed by atoms with Crippen molar-refractivity contribution in [2.45, 2.75) is 39.4 Å². The normalized spacial score (nSPS) is 23.6. The van der Waals surface area contributed by atoms with Crippen molar-refractivity contribution in [1.82, 2.24) is 10.2 Å². The number of hydrogen-bond acceptors (Lipinski definition) is 4. The minimum Gasteiger partial charge on any atom is -0.423 e. The number of aryl methyl sites for hydroxylation is 1. The van der Waals surface area contributed by atoms with Crippen LogP contribution in [0.4, 0.5) is 0 Å². The first-order valence-electron chi connectivity index (χ1n) is 7.53. The van der Waals surface area contributed by atoms with Gasteiger partial charge < -0.3 is 9.73 Å². The predicted octanol–water partition coefficient (Wildman–Crippen LogP) is 2.28. The average Bonchev–Trinajstić information content (AvgIpc) is 2.36. The Bertz CT molecular complexity index is 697. The highest BCUT2D eigenvalue weighted by molar-refractivity contribution is 5.80. The lowest BCUT2D eigenvalue weighted by Crippen LogP contribution is -2.53. The smallest absolute Gasteiger partial charge is 0.336 e. The lowest BCUT2D eigenvalue weighted by Gasteiger charge is -2.36. The zero-order valence-corrected chi connectivity index (χ0v) is 12.8. The van der Waals surface area contributed by atoms with Crippen LogP contribution in [0.3, 0.4) is 0 Å². The summed E-state index contributed by atoms with van der Waals surface area (Å²) in [5, 5.41) is 4.57. The summed E-state index contributed by atoms with van der Waals surface area (Å²) in [6, 6.07) is 8.63. The molecular formula is C17H22N2O2. The average molecular weight is 286 g/mol. The summed E-state index contributed by atoms with van der Waals surface area (Å²) in [5.41, 5.74) is 2.59. The Morgan fingerprint density at radius 1 is 1.24 bits per heavy atom. The number of hydrogen-bond donors (Lipinski definition) is 1. The quantitative estimate of drug-likeness (QED) is 0.860. The Balaban J connectivity index is 1.95. The highest BCUT2D eigenvalue weighted by Crippen LogP contribution is 2.20. The molecule has 2 aromatic rings. The van der Waals surface area contributed by atoms with Crippen molar-refractivity contribution in [2.75, 3.05) is 13.1 Å². The van der Waals surface area contributed by atoms with E-state index in [1.165, 1.54) is 0 Å². The molecule has 2 heterocycles. The molecule has 21 heavy (non-hydrogen) atoms. The van der Waals surface area contributed by atoms with E-state index in [9.17, 15) is 4.79 Å². The third kappa shape index (κ3) is 3.17. The van der Waals surface area contributed by atoms with E-state index in [1.807, 2.05) is 13.0 Å². The lowest BCUT2D eigenvalue weighted by atomic mass is 10.1. The second-order valence-electron chi connectivity index (χ2n) is 6.25. The molecule has 1 aliphatic rings. The van der Waals surface area contributed by atoms with Gasteiger partial charge in [0.15, 0.2) is 0 Å². The minimum absolute atomic E-state index is 0.265. The van der Waals surface area contributed by atoms with Crippen LogP contribution in [0.25, 0.3) is 11.0 Å². The van der Waals surface area contributed by atoms with Crippen molar-refractivity contribution in [3.05, 3.63) is 45.8 Å². The van der Waals surface area contributed by atoms with Crippen LogP contribution in [0.5, 0.6) is 0 Å². The molecular weight excluding hydrogens is 264 g/mol. The summed E-state index contributed by atoms with van der Waals surface area (Å²) < 4.78 is 5.33. The number of piperazine rings is 1. The number of rotatable bonds is 2. The van der Waals surface area contributed by atoms with E-state index in [4.69, 9.17) is 4.42 Å². The molecule has 0 aliphatic carbocycles. The van der Waals surface area contributed by atoms with Gasteiger partial charge >= 0.3 is 5.63 Å². The van der Waals surface area contributed by atoms with Crippen molar-refractivity contribution >= 4 is 11.0 Å². The molecule has 1 aromatic heterocycles. The molecule has 4 heteroatoms. The highest BCUT2D eigenvalue weighted by atomic mass is 16.4. The number of benzene rings is 1. The zero-order valence-electron chi connectivity index (χ0n) is 12.8. The van der Waals surface area contributed by atoms with Gasteiger partial charge in [0.25, 0.3) is 0 Å². The van der Waals surface area contributed by atoms with Gasteiger partial charge in [-0.2, -0.15) is 0 Å². The van der Waals surface area contributed by atoms with Crippen LogP contribution in [-0.4, -0.2) is 30.1 Å². The Hall–Kier alpha value is -1.65. The third-order valence-electron chi connectivity index (χ3n) is 4.01. The van der Waals surface area contributed by atoms with Crippen LogP contribution in [0.15, 0.2) is 33.5 Å². The fraction of sp³-hybridized carbons (Fsp3) is 0.471. The molecule has 1 aliphatic heterocycles. The predicted molar refractivity (Wildman–Crippen MR) is 84.6 cm³/mol. The van der Waals surface area contributed by atoms with Crippen molar-refractivity contribution < 1.29 is 4.42 Å². The van der Waals surface area contributed by atoms with Crippen molar-refractivity contribution in [3.63, 3.8) is 0 Å². The molecule has 0 spiro atoms. The number of nitrogens with one attached hydrogen (secondary N) is 1. The van der Waals surface area contributed by atoms with E-state index in [0.717, 1.165) is 36.1 Å². The summed E-state index contributed by atoms with van der Waals surface area (Å²) in [4.78, 5) is 14.2. The molecule has 1 saturated heterocycles. The monoisotopic (exact) mass is 286 g/mol. The summed E-state index contributed by atoms with van der Waals surface area (Å²) in [7, 11) is 0. The summed E-state index contributed by atoms with van der Waals surface area (Å²) in [6.07, 6.45) is 0. The molecule has 0 bridgehead atoms. The molecule has 0 amide bonds. The van der Waals surface area contributed by atoms with Crippen LogP contribution in [0.2, 0.25) is 0 Å². The van der Waals surface area contributed by atoms with Crippen LogP contribution in [0.1, 0.15) is 25.0 Å². The first-order chi connectivity index (χ1) is 10.0. The molecule has 4 nitrogen and oxygen atoms in total. The van der Waals surface area contributed by atoms with Gasteiger partial charge in [0.05, 0.1) is 0 Å². The number of nitrogens with zero attached hydrogens (tertiary/aromatic N) is 1. The topological polar surface area (TPSA) is 45.5 Å². The first kappa shape index (κ1) is 14.3. The van der Waals surface area contributed by atoms with E-state index < -0.39 is 0 Å². The van der Waals surface area contributed by atoms with Gasteiger partial charge in [-0.3, -0.25) is 4.90 Å². The molecule has 1 aromatic carbocycles. The second kappa shape index (κ2) is 5.62. The van der Waals surface area contributed by atoms with E-state index in [1.54, 1.807) is 6.07 Å². The Morgan fingerprint density at radius 2 is 1.95 bits per heavy atom. The van der Waals surface area contributed by atoms with Gasteiger partial charge in [-0.25, -0.2) is 4.79 Å². The lowest BCUT2D eigenvalue weighted by molar-refractivity contribution is 0.167. The van der Waals surface area contributed by atoms with Gasteiger partial charge in [-0.05, 0) is 38.0 Å². The maximum Gasteiger partial charge on any atom is 0.336 e. The van der Waals surface area contributed by atoms with Gasteiger partial charge in [-0.1, -0.05) is 12.1 Å². The molecule has 1 N–H and O–H groups in total. The van der Waals surface area contributed by atoms with Crippen molar-refractivity contribution in [2.24, 2.45) is 0 Å². The second-order valence-corrected chi connectivity index (χ2v) is 6.25. The van der Waals surface area contributed by atoms with Crippen LogP contribution < -0.4 is 10.9 Å². The van der Waals surface area contributed by atoms with Gasteiger partial charge in [0.1, 0.15) is 5.58 Å². The standard InChI is InChI=1S/C17H22N2O2/c1-11-4-5-15-14(7-17(20)21-16(15)6-11)10-19-8-12(2)18-13(3)9-19/h4-7,12-13,18H,8-10H2,1-3H3. The van der Waals surface area contributed by atoms with E-state index in [-0.39, 0.29) is 5.63 Å². The summed E-state index contributed by atoms with van der Waals surface area (Å²) >= 11 is 0. The Kier molecular flexibility index (Phi) is 3.83. The fourth-order valence-corrected chi connectivity index (χ4v) is 3.28. The molecule has 0 radical (unpaired) electrons. The van der Waals surface area contributed by atoms with Crippen LogP contribution in [0, 0.1) is 6.92 Å². The molecule has 2 unspecified atom stereocenters. The van der Waals surface area contributed by atoms with Gasteiger partial charge in [0.2, 0.25) is 0 Å². The van der Waals surface area contributed by atoms with Gasteiger partial charge in [-0.15, -0.1) is 0 Å². The summed E-state index contributed by atoms with van der Waals surface area (Å²) in [5.74, 6) is 0. The fourth-order valence-electron chi connectivity index (χ4n) is 3.28. The third-order valence-corrected chi connectivity index (χ3v) is 4.01. The largest absolute Gasteiger partial charge is 0.423 e. The van der Waals surface area contributed by atoms with E-state index in [0.29, 0.717) is 17.7 Å². The first-order valence-corrected chi connectivity index (χ1v) is 7.53. The van der Waals surface area contributed by atoms with Crippen LogP contribution >= 0.6 is 0 Å². The molecule has 1 fully saturated rings. The zero-order chi connectivity index (χ0) is 15.0. The maximum atomic E-state index is 11.8.